The monoisotopic (exact) mass is 299 g/mol. The molecule has 2 aliphatic rings. The summed E-state index contributed by atoms with van der Waals surface area (Å²) in [6, 6.07) is 5.33. The summed E-state index contributed by atoms with van der Waals surface area (Å²) in [5.74, 6) is 2.22. The van der Waals surface area contributed by atoms with Gasteiger partial charge in [0.15, 0.2) is 0 Å². The van der Waals surface area contributed by atoms with Crippen LogP contribution < -0.4 is 0 Å². The Hall–Kier alpha value is -1.36. The molecule has 0 saturated heterocycles. The summed E-state index contributed by atoms with van der Waals surface area (Å²) in [6.07, 6.45) is 11.5. The molecule has 1 aromatic carbocycles. The fourth-order valence-corrected chi connectivity index (χ4v) is 4.28. The number of nitriles is 1. The Morgan fingerprint density at radius 2 is 1.77 bits per heavy atom. The molecule has 1 atom stereocenters. The molecule has 0 amide bonds. The molecule has 0 heterocycles. The van der Waals surface area contributed by atoms with Crippen LogP contribution in [0.2, 0.25) is 0 Å². The minimum Gasteiger partial charge on any atom is -0.206 e. The van der Waals surface area contributed by atoms with Crippen molar-refractivity contribution >= 4 is 0 Å². The SMILES string of the molecule is CC1CCC(CCC2CCc3cc(C#N)c(F)cc3C2)CC1. The van der Waals surface area contributed by atoms with Crippen LogP contribution in [0.4, 0.5) is 4.39 Å². The van der Waals surface area contributed by atoms with Crippen molar-refractivity contribution in [3.63, 3.8) is 0 Å². The van der Waals surface area contributed by atoms with Gasteiger partial charge in [0, 0.05) is 0 Å². The molecular weight excluding hydrogens is 273 g/mol. The predicted octanol–water partition coefficient (Wildman–Crippen LogP) is 5.41. The highest BCUT2D eigenvalue weighted by Crippen LogP contribution is 2.35. The van der Waals surface area contributed by atoms with Crippen molar-refractivity contribution in [1.82, 2.24) is 0 Å². The fraction of sp³-hybridized carbons (Fsp3) is 0.650. The van der Waals surface area contributed by atoms with E-state index < -0.39 is 0 Å². The first-order chi connectivity index (χ1) is 10.7. The molecule has 3 rings (SSSR count). The summed E-state index contributed by atoms with van der Waals surface area (Å²) in [7, 11) is 0. The van der Waals surface area contributed by atoms with Crippen LogP contribution in [0.1, 0.15) is 68.6 Å². The van der Waals surface area contributed by atoms with Crippen LogP contribution in [0.25, 0.3) is 0 Å². The molecule has 1 aromatic rings. The highest BCUT2D eigenvalue weighted by Gasteiger charge is 2.23. The molecule has 0 bridgehead atoms. The second-order valence-electron chi connectivity index (χ2n) is 7.52. The van der Waals surface area contributed by atoms with E-state index >= 15 is 0 Å². The van der Waals surface area contributed by atoms with Gasteiger partial charge >= 0.3 is 0 Å². The molecule has 22 heavy (non-hydrogen) atoms. The number of nitrogens with zero attached hydrogens (tertiary/aromatic N) is 1. The molecule has 0 aliphatic heterocycles. The number of rotatable bonds is 3. The average molecular weight is 299 g/mol. The van der Waals surface area contributed by atoms with E-state index in [0.717, 1.165) is 30.2 Å². The van der Waals surface area contributed by atoms with Gasteiger partial charge in [0.1, 0.15) is 11.9 Å². The molecule has 1 fully saturated rings. The van der Waals surface area contributed by atoms with Crippen molar-refractivity contribution in [3.05, 3.63) is 34.6 Å². The number of halogens is 1. The summed E-state index contributed by atoms with van der Waals surface area (Å²) < 4.78 is 13.8. The summed E-state index contributed by atoms with van der Waals surface area (Å²) in [5.41, 5.74) is 2.54. The van der Waals surface area contributed by atoms with Crippen LogP contribution in [0.15, 0.2) is 12.1 Å². The normalized spacial score (nSPS) is 28.0. The number of benzene rings is 1. The lowest BCUT2D eigenvalue weighted by molar-refractivity contribution is 0.255. The van der Waals surface area contributed by atoms with Gasteiger partial charge in [0.25, 0.3) is 0 Å². The molecule has 1 nitrogen and oxygen atoms in total. The highest BCUT2D eigenvalue weighted by molar-refractivity contribution is 5.40. The largest absolute Gasteiger partial charge is 0.206 e. The molecule has 1 unspecified atom stereocenters. The second kappa shape index (κ2) is 6.82. The third-order valence-corrected chi connectivity index (χ3v) is 5.86. The summed E-state index contributed by atoms with van der Waals surface area (Å²) in [5, 5.41) is 8.93. The quantitative estimate of drug-likeness (QED) is 0.732. The molecule has 2 heteroatoms. The van der Waals surface area contributed by atoms with E-state index in [1.807, 2.05) is 6.07 Å². The molecule has 1 saturated carbocycles. The van der Waals surface area contributed by atoms with Crippen molar-refractivity contribution in [1.29, 1.82) is 5.26 Å². The zero-order valence-corrected chi connectivity index (χ0v) is 13.6. The van der Waals surface area contributed by atoms with Crippen LogP contribution in [0.3, 0.4) is 0 Å². The Morgan fingerprint density at radius 3 is 2.50 bits per heavy atom. The summed E-state index contributed by atoms with van der Waals surface area (Å²) in [4.78, 5) is 0. The van der Waals surface area contributed by atoms with Crippen molar-refractivity contribution in [2.75, 3.05) is 0 Å². The van der Waals surface area contributed by atoms with E-state index in [4.69, 9.17) is 5.26 Å². The van der Waals surface area contributed by atoms with E-state index in [1.165, 1.54) is 50.5 Å². The number of fused-ring (bicyclic) bond motifs is 1. The van der Waals surface area contributed by atoms with Gasteiger partial charge in [-0.05, 0) is 66.7 Å². The van der Waals surface area contributed by atoms with Crippen LogP contribution in [-0.4, -0.2) is 0 Å². The van der Waals surface area contributed by atoms with Crippen molar-refractivity contribution in [3.8, 4) is 6.07 Å². The van der Waals surface area contributed by atoms with E-state index in [0.29, 0.717) is 5.92 Å². The Balaban J connectivity index is 1.56. The summed E-state index contributed by atoms with van der Waals surface area (Å²) in [6.45, 7) is 2.37. The van der Waals surface area contributed by atoms with Gasteiger partial charge in [0.2, 0.25) is 0 Å². The van der Waals surface area contributed by atoms with Gasteiger partial charge in [-0.1, -0.05) is 39.0 Å². The van der Waals surface area contributed by atoms with Gasteiger partial charge in [-0.15, -0.1) is 0 Å². The zero-order chi connectivity index (χ0) is 15.5. The molecule has 2 aliphatic carbocycles. The second-order valence-corrected chi connectivity index (χ2v) is 7.52. The van der Waals surface area contributed by atoms with E-state index in [-0.39, 0.29) is 11.4 Å². The molecule has 0 aromatic heterocycles. The van der Waals surface area contributed by atoms with Crippen LogP contribution in [0, 0.1) is 34.9 Å². The zero-order valence-electron chi connectivity index (χ0n) is 13.6. The van der Waals surface area contributed by atoms with Crippen molar-refractivity contribution < 1.29 is 4.39 Å². The van der Waals surface area contributed by atoms with E-state index in [2.05, 4.69) is 6.92 Å². The van der Waals surface area contributed by atoms with E-state index in [9.17, 15) is 4.39 Å². The molecule has 118 valence electrons. The van der Waals surface area contributed by atoms with Crippen LogP contribution in [0.5, 0.6) is 0 Å². The Labute approximate surface area is 133 Å². The third-order valence-electron chi connectivity index (χ3n) is 5.86. The lowest BCUT2D eigenvalue weighted by Crippen LogP contribution is -2.18. The first kappa shape index (κ1) is 15.5. The minimum absolute atomic E-state index is 0.202. The molecule has 0 spiro atoms. The maximum absolute atomic E-state index is 13.8. The highest BCUT2D eigenvalue weighted by atomic mass is 19.1. The Bertz CT molecular complexity index is 564. The number of hydrogen-bond donors (Lipinski definition) is 0. The van der Waals surface area contributed by atoms with Crippen LogP contribution >= 0.6 is 0 Å². The standard InChI is InChI=1S/C20H26FN/c1-14-2-4-15(5-3-14)6-7-16-8-9-17-11-19(13-22)20(21)12-18(17)10-16/h11-12,14-16H,2-10H2,1H3. The van der Waals surface area contributed by atoms with Crippen molar-refractivity contribution in [2.24, 2.45) is 17.8 Å². The first-order valence-electron chi connectivity index (χ1n) is 8.87. The summed E-state index contributed by atoms with van der Waals surface area (Å²) >= 11 is 0. The third kappa shape index (κ3) is 3.51. The predicted molar refractivity (Wildman–Crippen MR) is 87.0 cm³/mol. The maximum Gasteiger partial charge on any atom is 0.141 e. The topological polar surface area (TPSA) is 23.8 Å². The number of aryl methyl sites for hydroxylation is 1. The molecular formula is C20H26FN. The van der Waals surface area contributed by atoms with Gasteiger partial charge in [0.05, 0.1) is 5.56 Å². The van der Waals surface area contributed by atoms with E-state index in [1.54, 1.807) is 12.1 Å². The molecule has 0 N–H and O–H groups in total. The number of hydrogen-bond acceptors (Lipinski definition) is 1. The first-order valence-corrected chi connectivity index (χ1v) is 8.87. The average Bonchev–Trinajstić information content (AvgIpc) is 2.53. The van der Waals surface area contributed by atoms with Crippen LogP contribution in [-0.2, 0) is 12.8 Å². The molecule has 0 radical (unpaired) electrons. The Morgan fingerprint density at radius 1 is 1.05 bits per heavy atom. The minimum atomic E-state index is -0.344. The Kier molecular flexibility index (Phi) is 4.81. The van der Waals surface area contributed by atoms with Gasteiger partial charge in [-0.2, -0.15) is 5.26 Å². The lowest BCUT2D eigenvalue weighted by Gasteiger charge is -2.29. The maximum atomic E-state index is 13.8. The smallest absolute Gasteiger partial charge is 0.141 e. The lowest BCUT2D eigenvalue weighted by atomic mass is 9.76. The van der Waals surface area contributed by atoms with Gasteiger partial charge in [-0.3, -0.25) is 0 Å². The van der Waals surface area contributed by atoms with Gasteiger partial charge in [-0.25, -0.2) is 4.39 Å². The van der Waals surface area contributed by atoms with Crippen molar-refractivity contribution in [2.45, 2.75) is 64.7 Å². The van der Waals surface area contributed by atoms with Gasteiger partial charge < -0.3 is 0 Å². The fourth-order valence-electron chi connectivity index (χ4n) is 4.28.